The van der Waals surface area contributed by atoms with Crippen LogP contribution < -0.4 is 0 Å². The predicted molar refractivity (Wildman–Crippen MR) is 50.7 cm³/mol. The summed E-state index contributed by atoms with van der Waals surface area (Å²) < 4.78 is 13.3. The molecule has 1 unspecified atom stereocenters. The van der Waals surface area contributed by atoms with Gasteiger partial charge < -0.3 is 0 Å². The third-order valence-electron chi connectivity index (χ3n) is 2.41. The summed E-state index contributed by atoms with van der Waals surface area (Å²) in [6.45, 7) is 0.581. The van der Waals surface area contributed by atoms with Crippen molar-refractivity contribution in [2.45, 2.75) is 6.42 Å². The Morgan fingerprint density at radius 2 is 2.13 bits per heavy atom. The molecular formula is C11H11FO3. The van der Waals surface area contributed by atoms with Crippen molar-refractivity contribution in [3.05, 3.63) is 35.6 Å². The summed E-state index contributed by atoms with van der Waals surface area (Å²) in [5, 5.41) is 0. The number of benzene rings is 1. The smallest absolute Gasteiger partial charge is 0.171 e. The van der Waals surface area contributed by atoms with Crippen molar-refractivity contribution >= 4 is 5.78 Å². The fraction of sp³-hybridized carbons (Fsp3) is 0.364. The van der Waals surface area contributed by atoms with Crippen LogP contribution in [-0.4, -0.2) is 19.0 Å². The number of hydrogen-bond donors (Lipinski definition) is 0. The second-order valence-electron chi connectivity index (χ2n) is 3.44. The van der Waals surface area contributed by atoms with Crippen LogP contribution in [0, 0.1) is 11.7 Å². The van der Waals surface area contributed by atoms with Gasteiger partial charge in [0.15, 0.2) is 5.78 Å². The van der Waals surface area contributed by atoms with Crippen LogP contribution in [0.1, 0.15) is 16.8 Å². The Hall–Kier alpha value is -1.26. The maximum Gasteiger partial charge on any atom is 0.171 e. The highest BCUT2D eigenvalue weighted by Gasteiger charge is 2.25. The van der Waals surface area contributed by atoms with Gasteiger partial charge in [-0.05, 0) is 18.6 Å². The van der Waals surface area contributed by atoms with E-state index in [0.29, 0.717) is 13.0 Å². The molecule has 3 nitrogen and oxygen atoms in total. The average molecular weight is 210 g/mol. The van der Waals surface area contributed by atoms with E-state index in [0.717, 1.165) is 0 Å². The summed E-state index contributed by atoms with van der Waals surface area (Å²) in [5.41, 5.74) is 0.132. The molecule has 80 valence electrons. The summed E-state index contributed by atoms with van der Waals surface area (Å²) in [7, 11) is 0. The first-order valence-electron chi connectivity index (χ1n) is 4.82. The van der Waals surface area contributed by atoms with E-state index in [2.05, 4.69) is 4.89 Å². The molecular weight excluding hydrogens is 199 g/mol. The maximum absolute atomic E-state index is 13.3. The van der Waals surface area contributed by atoms with Gasteiger partial charge >= 0.3 is 0 Å². The fourth-order valence-corrected chi connectivity index (χ4v) is 1.55. The number of Topliss-reactive ketones (excluding diaryl/α,β-unsaturated/α-hetero) is 1. The second kappa shape index (κ2) is 4.51. The summed E-state index contributed by atoms with van der Waals surface area (Å²) in [6, 6.07) is 5.99. The van der Waals surface area contributed by atoms with Gasteiger partial charge in [0.05, 0.1) is 24.7 Å². The lowest BCUT2D eigenvalue weighted by molar-refractivity contribution is -0.319. The van der Waals surface area contributed by atoms with Crippen LogP contribution in [-0.2, 0) is 9.78 Å². The van der Waals surface area contributed by atoms with E-state index in [9.17, 15) is 9.18 Å². The Balaban J connectivity index is 2.16. The van der Waals surface area contributed by atoms with E-state index in [1.54, 1.807) is 12.1 Å². The van der Waals surface area contributed by atoms with Crippen molar-refractivity contribution in [1.82, 2.24) is 0 Å². The van der Waals surface area contributed by atoms with Gasteiger partial charge in [0, 0.05) is 0 Å². The minimum Gasteiger partial charge on any atom is -0.294 e. The molecule has 1 fully saturated rings. The molecule has 0 amide bonds. The lowest BCUT2D eigenvalue weighted by Gasteiger charge is -2.19. The van der Waals surface area contributed by atoms with Gasteiger partial charge in [-0.25, -0.2) is 14.2 Å². The predicted octanol–water partition coefficient (Wildman–Crippen LogP) is 1.98. The number of rotatable bonds is 2. The summed E-state index contributed by atoms with van der Waals surface area (Å²) in [5.74, 6) is -0.985. The van der Waals surface area contributed by atoms with Gasteiger partial charge in [-0.3, -0.25) is 4.79 Å². The molecule has 15 heavy (non-hydrogen) atoms. The van der Waals surface area contributed by atoms with Crippen LogP contribution in [0.2, 0.25) is 0 Å². The van der Waals surface area contributed by atoms with Crippen molar-refractivity contribution < 1.29 is 19.0 Å². The molecule has 1 aliphatic heterocycles. The zero-order chi connectivity index (χ0) is 10.7. The molecule has 1 aliphatic rings. The molecule has 1 aromatic rings. The Kier molecular flexibility index (Phi) is 3.08. The Morgan fingerprint density at radius 1 is 1.33 bits per heavy atom. The molecule has 2 rings (SSSR count). The van der Waals surface area contributed by atoms with Gasteiger partial charge in [0.2, 0.25) is 0 Å². The van der Waals surface area contributed by atoms with Crippen molar-refractivity contribution in [1.29, 1.82) is 0 Å². The molecule has 4 heteroatoms. The monoisotopic (exact) mass is 210 g/mol. The van der Waals surface area contributed by atoms with Crippen LogP contribution in [0.15, 0.2) is 24.3 Å². The molecule has 0 spiro atoms. The van der Waals surface area contributed by atoms with Crippen molar-refractivity contribution in [2.24, 2.45) is 5.92 Å². The standard InChI is InChI=1S/C11H11FO3/c12-10-4-2-1-3-9(10)11(13)8-5-6-14-15-7-8/h1-4,8H,5-7H2. The minimum atomic E-state index is -0.478. The molecule has 0 saturated carbocycles. The van der Waals surface area contributed by atoms with Crippen LogP contribution in [0.5, 0.6) is 0 Å². The third-order valence-corrected chi connectivity index (χ3v) is 2.41. The number of ketones is 1. The number of carbonyl (C=O) groups excluding carboxylic acids is 1. The first-order chi connectivity index (χ1) is 7.29. The lowest BCUT2D eigenvalue weighted by atomic mass is 9.95. The zero-order valence-corrected chi connectivity index (χ0v) is 8.11. The van der Waals surface area contributed by atoms with Gasteiger partial charge in [-0.2, -0.15) is 0 Å². The number of hydrogen-bond acceptors (Lipinski definition) is 3. The number of halogens is 1. The molecule has 0 aromatic heterocycles. The quantitative estimate of drug-likeness (QED) is 0.553. The Labute approximate surface area is 86.7 Å². The second-order valence-corrected chi connectivity index (χ2v) is 3.44. The molecule has 1 saturated heterocycles. The Bertz CT molecular complexity index is 359. The lowest BCUT2D eigenvalue weighted by Crippen LogP contribution is -2.27. The minimum absolute atomic E-state index is 0.132. The van der Waals surface area contributed by atoms with Gasteiger partial charge in [-0.15, -0.1) is 0 Å². The zero-order valence-electron chi connectivity index (χ0n) is 8.11. The van der Waals surface area contributed by atoms with Crippen LogP contribution in [0.3, 0.4) is 0 Å². The number of carbonyl (C=O) groups is 1. The highest BCUT2D eigenvalue weighted by molar-refractivity contribution is 5.98. The normalized spacial score (nSPS) is 21.3. The Morgan fingerprint density at radius 3 is 2.80 bits per heavy atom. The van der Waals surface area contributed by atoms with Gasteiger partial charge in [0.25, 0.3) is 0 Å². The van der Waals surface area contributed by atoms with E-state index < -0.39 is 5.82 Å². The van der Waals surface area contributed by atoms with Gasteiger partial charge in [0.1, 0.15) is 5.82 Å². The summed E-state index contributed by atoms with van der Waals surface area (Å²) in [6.07, 6.45) is 0.577. The topological polar surface area (TPSA) is 35.5 Å². The van der Waals surface area contributed by atoms with Crippen molar-refractivity contribution in [3.63, 3.8) is 0 Å². The van der Waals surface area contributed by atoms with E-state index in [1.807, 2.05) is 0 Å². The van der Waals surface area contributed by atoms with Crippen molar-refractivity contribution in [2.75, 3.05) is 13.2 Å². The molecule has 0 aliphatic carbocycles. The average Bonchev–Trinajstić information content (AvgIpc) is 2.30. The van der Waals surface area contributed by atoms with Crippen LogP contribution in [0.4, 0.5) is 4.39 Å². The summed E-state index contributed by atoms with van der Waals surface area (Å²) in [4.78, 5) is 21.2. The molecule has 1 heterocycles. The van der Waals surface area contributed by atoms with Crippen LogP contribution in [0.25, 0.3) is 0 Å². The van der Waals surface area contributed by atoms with Crippen molar-refractivity contribution in [3.8, 4) is 0 Å². The molecule has 0 N–H and O–H groups in total. The maximum atomic E-state index is 13.3. The van der Waals surface area contributed by atoms with Crippen LogP contribution >= 0.6 is 0 Å². The van der Waals surface area contributed by atoms with E-state index in [-0.39, 0.29) is 23.9 Å². The molecule has 0 bridgehead atoms. The highest BCUT2D eigenvalue weighted by Crippen LogP contribution is 2.18. The van der Waals surface area contributed by atoms with E-state index in [4.69, 9.17) is 4.89 Å². The first-order valence-corrected chi connectivity index (χ1v) is 4.82. The summed E-state index contributed by atoms with van der Waals surface area (Å²) >= 11 is 0. The SMILES string of the molecule is O=C(c1ccccc1F)C1CCOOC1. The molecule has 1 aromatic carbocycles. The highest BCUT2D eigenvalue weighted by atomic mass is 19.1. The van der Waals surface area contributed by atoms with Gasteiger partial charge in [-0.1, -0.05) is 12.1 Å². The third kappa shape index (κ3) is 2.22. The first kappa shape index (κ1) is 10.3. The molecule has 1 atom stereocenters. The van der Waals surface area contributed by atoms with E-state index >= 15 is 0 Å². The molecule has 0 radical (unpaired) electrons. The fourth-order valence-electron chi connectivity index (χ4n) is 1.55. The largest absolute Gasteiger partial charge is 0.294 e. The van der Waals surface area contributed by atoms with E-state index in [1.165, 1.54) is 12.1 Å².